The molecule has 1 aliphatic rings. The number of halogens is 2. The molecule has 1 rings (SSSR count). The Morgan fingerprint density at radius 2 is 2.00 bits per heavy atom. The smallest absolute Gasteiger partial charge is 0.224 e. The number of carbonyl (C=O) groups is 1. The largest absolute Gasteiger partial charge is 0.359 e. The van der Waals surface area contributed by atoms with Crippen LogP contribution in [0.2, 0.25) is 0 Å². The minimum Gasteiger partial charge on any atom is -0.359 e. The molecule has 0 aromatic rings. The Bertz CT molecular complexity index is 256. The van der Waals surface area contributed by atoms with Crippen molar-refractivity contribution >= 4 is 29.1 Å². The van der Waals surface area contributed by atoms with Crippen molar-refractivity contribution in [2.75, 3.05) is 7.05 Å². The van der Waals surface area contributed by atoms with Gasteiger partial charge in [-0.05, 0) is 17.4 Å². The minimum absolute atomic E-state index is 0.00463. The summed E-state index contributed by atoms with van der Waals surface area (Å²) in [5.41, 5.74) is -0.0187. The van der Waals surface area contributed by atoms with Gasteiger partial charge in [0.15, 0.2) is 0 Å². The van der Waals surface area contributed by atoms with Gasteiger partial charge in [0.1, 0.15) is 4.49 Å². The molecule has 0 saturated heterocycles. The molecule has 0 bridgehead atoms. The van der Waals surface area contributed by atoms with E-state index in [2.05, 4.69) is 5.32 Å². The molecule has 0 heterocycles. The van der Waals surface area contributed by atoms with E-state index < -0.39 is 0 Å². The second-order valence-corrected chi connectivity index (χ2v) is 4.90. The van der Waals surface area contributed by atoms with E-state index in [4.69, 9.17) is 23.2 Å². The van der Waals surface area contributed by atoms with E-state index in [1.165, 1.54) is 0 Å². The molecule has 1 fully saturated rings. The van der Waals surface area contributed by atoms with Crippen LogP contribution in [0.3, 0.4) is 0 Å². The van der Waals surface area contributed by atoms with Gasteiger partial charge in [0, 0.05) is 7.05 Å². The van der Waals surface area contributed by atoms with Gasteiger partial charge in [-0.25, -0.2) is 0 Å². The number of hydrogen-bond acceptors (Lipinski definition) is 1. The molecule has 1 saturated carbocycles. The average Bonchev–Trinajstić information content (AvgIpc) is 2.51. The minimum atomic E-state index is -0.0187. The molecular formula is C9H13Cl2NO. The number of amides is 1. The summed E-state index contributed by atoms with van der Waals surface area (Å²) < 4.78 is 0.240. The summed E-state index contributed by atoms with van der Waals surface area (Å²) in [5.74, 6) is 0.225. The molecule has 1 aliphatic carbocycles. The van der Waals surface area contributed by atoms with Crippen LogP contribution in [0.15, 0.2) is 10.6 Å². The molecule has 1 N–H and O–H groups in total. The highest BCUT2D eigenvalue weighted by Gasteiger charge is 2.60. The Kier molecular flexibility index (Phi) is 2.93. The van der Waals surface area contributed by atoms with Gasteiger partial charge < -0.3 is 5.32 Å². The van der Waals surface area contributed by atoms with Crippen molar-refractivity contribution in [1.29, 1.82) is 0 Å². The molecular weight excluding hydrogens is 209 g/mol. The van der Waals surface area contributed by atoms with Crippen molar-refractivity contribution in [2.24, 2.45) is 17.3 Å². The van der Waals surface area contributed by atoms with E-state index in [0.717, 1.165) is 0 Å². The Labute approximate surface area is 88.3 Å². The lowest BCUT2D eigenvalue weighted by atomic mass is 10.1. The zero-order valence-electron chi connectivity index (χ0n) is 7.90. The first-order valence-corrected chi connectivity index (χ1v) is 4.91. The van der Waals surface area contributed by atoms with Gasteiger partial charge in [-0.3, -0.25) is 4.79 Å². The van der Waals surface area contributed by atoms with Gasteiger partial charge in [0.05, 0.1) is 5.92 Å². The maximum absolute atomic E-state index is 11.4. The maximum atomic E-state index is 11.4. The fourth-order valence-corrected chi connectivity index (χ4v) is 2.05. The van der Waals surface area contributed by atoms with E-state index in [-0.39, 0.29) is 27.6 Å². The van der Waals surface area contributed by atoms with Gasteiger partial charge in [0.2, 0.25) is 5.91 Å². The van der Waals surface area contributed by atoms with Crippen LogP contribution < -0.4 is 5.32 Å². The van der Waals surface area contributed by atoms with Gasteiger partial charge >= 0.3 is 0 Å². The monoisotopic (exact) mass is 221 g/mol. The van der Waals surface area contributed by atoms with Crippen LogP contribution in [0.5, 0.6) is 0 Å². The number of rotatable bonds is 2. The summed E-state index contributed by atoms with van der Waals surface area (Å²) in [5, 5.41) is 2.63. The molecule has 2 unspecified atom stereocenters. The lowest BCUT2D eigenvalue weighted by Crippen LogP contribution is -2.22. The number of hydrogen-bond donors (Lipinski definition) is 1. The molecule has 0 aliphatic heterocycles. The highest BCUT2D eigenvalue weighted by Crippen LogP contribution is 2.59. The van der Waals surface area contributed by atoms with Crippen molar-refractivity contribution in [1.82, 2.24) is 5.32 Å². The molecule has 0 spiro atoms. The highest BCUT2D eigenvalue weighted by molar-refractivity contribution is 6.55. The van der Waals surface area contributed by atoms with Crippen LogP contribution in [0.4, 0.5) is 0 Å². The average molecular weight is 222 g/mol. The summed E-state index contributed by atoms with van der Waals surface area (Å²) in [6, 6.07) is 0. The van der Waals surface area contributed by atoms with Gasteiger partial charge in [-0.1, -0.05) is 37.0 Å². The summed E-state index contributed by atoms with van der Waals surface area (Å²) in [7, 11) is 1.64. The molecule has 13 heavy (non-hydrogen) atoms. The maximum Gasteiger partial charge on any atom is 0.224 e. The first-order valence-electron chi connectivity index (χ1n) is 4.15. The number of carbonyl (C=O) groups excluding carboxylic acids is 1. The van der Waals surface area contributed by atoms with Crippen molar-refractivity contribution in [3.8, 4) is 0 Å². The quantitative estimate of drug-likeness (QED) is 0.763. The third kappa shape index (κ3) is 2.00. The third-order valence-electron chi connectivity index (χ3n) is 2.75. The molecule has 1 amide bonds. The summed E-state index contributed by atoms with van der Waals surface area (Å²) in [4.78, 5) is 11.4. The summed E-state index contributed by atoms with van der Waals surface area (Å²) in [6.07, 6.45) is 1.74. The molecule has 4 heteroatoms. The molecule has 0 aromatic heterocycles. The van der Waals surface area contributed by atoms with Gasteiger partial charge in [-0.2, -0.15) is 0 Å². The van der Waals surface area contributed by atoms with Crippen molar-refractivity contribution in [2.45, 2.75) is 13.8 Å². The predicted octanol–water partition coefficient (Wildman–Crippen LogP) is 2.32. The second kappa shape index (κ2) is 3.50. The number of allylic oxidation sites excluding steroid dienone is 1. The van der Waals surface area contributed by atoms with Gasteiger partial charge in [-0.15, -0.1) is 0 Å². The van der Waals surface area contributed by atoms with Crippen molar-refractivity contribution in [3.05, 3.63) is 10.6 Å². The topological polar surface area (TPSA) is 29.1 Å². The Balaban J connectivity index is 2.72. The van der Waals surface area contributed by atoms with Crippen LogP contribution in [-0.4, -0.2) is 13.0 Å². The van der Waals surface area contributed by atoms with E-state index in [0.29, 0.717) is 0 Å². The van der Waals surface area contributed by atoms with E-state index in [9.17, 15) is 4.79 Å². The van der Waals surface area contributed by atoms with Crippen LogP contribution in [0.25, 0.3) is 0 Å². The number of nitrogens with one attached hydrogen (secondary N) is 1. The predicted molar refractivity (Wildman–Crippen MR) is 54.6 cm³/mol. The van der Waals surface area contributed by atoms with Crippen LogP contribution >= 0.6 is 23.2 Å². The van der Waals surface area contributed by atoms with Crippen LogP contribution in [0.1, 0.15) is 13.8 Å². The van der Waals surface area contributed by atoms with E-state index in [1.807, 2.05) is 13.8 Å². The van der Waals surface area contributed by atoms with E-state index in [1.54, 1.807) is 13.1 Å². The normalized spacial score (nSPS) is 29.3. The standard InChI is InChI=1S/C9H13Cl2NO/c1-9(2)5(4-6(10)11)7(9)8(13)12-3/h4-5,7H,1-3H3,(H,12,13). The van der Waals surface area contributed by atoms with Gasteiger partial charge in [0.25, 0.3) is 0 Å². The lowest BCUT2D eigenvalue weighted by molar-refractivity contribution is -0.122. The molecule has 2 nitrogen and oxygen atoms in total. The van der Waals surface area contributed by atoms with Crippen LogP contribution in [0, 0.1) is 17.3 Å². The fraction of sp³-hybridized carbons (Fsp3) is 0.667. The first-order chi connectivity index (χ1) is 5.91. The zero-order valence-corrected chi connectivity index (χ0v) is 9.41. The highest BCUT2D eigenvalue weighted by atomic mass is 35.5. The Morgan fingerprint density at radius 3 is 2.38 bits per heavy atom. The zero-order chi connectivity index (χ0) is 10.2. The van der Waals surface area contributed by atoms with E-state index >= 15 is 0 Å². The first kappa shape index (κ1) is 10.9. The lowest BCUT2D eigenvalue weighted by Gasteiger charge is -1.99. The summed E-state index contributed by atoms with van der Waals surface area (Å²) in [6.45, 7) is 4.07. The van der Waals surface area contributed by atoms with Crippen molar-refractivity contribution < 1.29 is 4.79 Å². The summed E-state index contributed by atoms with van der Waals surface area (Å²) >= 11 is 11.1. The SMILES string of the molecule is CNC(=O)C1C(C=C(Cl)Cl)C1(C)C. The fourth-order valence-electron chi connectivity index (χ4n) is 1.78. The molecule has 0 radical (unpaired) electrons. The molecule has 2 atom stereocenters. The second-order valence-electron chi connectivity index (χ2n) is 3.90. The molecule has 0 aromatic carbocycles. The third-order valence-corrected chi connectivity index (χ3v) is 3.00. The Hall–Kier alpha value is -0.210. The Morgan fingerprint density at radius 1 is 1.46 bits per heavy atom. The molecule has 74 valence electrons. The van der Waals surface area contributed by atoms with Crippen molar-refractivity contribution in [3.63, 3.8) is 0 Å². The van der Waals surface area contributed by atoms with Crippen LogP contribution in [-0.2, 0) is 4.79 Å².